The highest BCUT2D eigenvalue weighted by Crippen LogP contribution is 2.54. The lowest BCUT2D eigenvalue weighted by atomic mass is 9.88. The molecule has 22 rings (SSSR count). The fourth-order valence-electron chi connectivity index (χ4n) is 21.0. The first-order valence-corrected chi connectivity index (χ1v) is 50.7. The number of hydrogen-bond acceptors (Lipinski definition) is 26. The zero-order chi connectivity index (χ0) is 103. The van der Waals surface area contributed by atoms with Crippen molar-refractivity contribution in [2.45, 2.75) is 155 Å². The lowest BCUT2D eigenvalue weighted by molar-refractivity contribution is 0.0599. The molecule has 0 bridgehead atoms. The number of fused-ring (bicyclic) bond motifs is 12. The van der Waals surface area contributed by atoms with Crippen molar-refractivity contribution < 1.29 is 96.3 Å². The highest BCUT2D eigenvalue weighted by Gasteiger charge is 2.41. The Kier molecular flexibility index (Phi) is 30.0. The largest absolute Gasteiger partial charge is 0.507 e. The minimum atomic E-state index is -1.09. The first-order valence-electron chi connectivity index (χ1n) is 50.0. The fourth-order valence-corrected chi connectivity index (χ4v) is 21.6. The lowest BCUT2D eigenvalue weighted by Gasteiger charge is -2.39. The Bertz CT molecular complexity index is 7570. The average Bonchev–Trinajstić information content (AvgIpc) is 1.60. The van der Waals surface area contributed by atoms with Gasteiger partial charge in [0.15, 0.2) is 0 Å². The SMILES string of the molecule is CC(C)(C)COc1cc(C(c2c(O)c3ccccc3c3occ(C(=O)O)c23)N2CCCCC2)ccn1.CC(C)Oc1cc(C(c2c(O)c3ccccc3c3occ(C(=O)O)c23)N2CCCCC2)ccn1.COC(=O)c1coc2c1c(C(c1ccnc(OCc3cc(Cl)c(C)c(Cl)c3)c1)N1CCN(C)CC1)c(O)c1ccccc12.O=C(O)c1coc2c1c(C(c1ccnc(OC3CC3)c1)N1CCCCC1)c(O)c1ccccc12. The van der Waals surface area contributed by atoms with Gasteiger partial charge in [-0.25, -0.2) is 39.1 Å². The van der Waals surface area contributed by atoms with E-state index in [9.17, 15) is 54.9 Å². The molecule has 5 aliphatic rings. The maximum absolute atomic E-state index is 13.0. The van der Waals surface area contributed by atoms with Gasteiger partial charge in [0.25, 0.3) is 0 Å². The molecule has 17 aromatic rings. The maximum atomic E-state index is 13.0. The van der Waals surface area contributed by atoms with E-state index in [-0.39, 0.29) is 81.6 Å². The van der Waals surface area contributed by atoms with Gasteiger partial charge in [0.1, 0.15) is 105 Å². The zero-order valence-electron chi connectivity index (χ0n) is 83.1. The number of ether oxygens (including phenoxy) is 5. The summed E-state index contributed by atoms with van der Waals surface area (Å²) in [5, 5.41) is 85.2. The van der Waals surface area contributed by atoms with Crippen molar-refractivity contribution in [2.75, 3.05) is 86.2 Å². The van der Waals surface area contributed by atoms with E-state index >= 15 is 0 Å². The van der Waals surface area contributed by atoms with E-state index in [1.54, 1.807) is 24.8 Å². The van der Waals surface area contributed by atoms with E-state index in [2.05, 4.69) is 72.3 Å². The summed E-state index contributed by atoms with van der Waals surface area (Å²) in [6.07, 6.45) is 24.0. The maximum Gasteiger partial charge on any atom is 0.341 e. The Morgan fingerprint density at radius 1 is 0.408 bits per heavy atom. The molecule has 4 aliphatic heterocycles. The summed E-state index contributed by atoms with van der Waals surface area (Å²) in [5.41, 5.74) is 9.69. The normalized spacial score (nSPS) is 16.1. The van der Waals surface area contributed by atoms with E-state index in [0.29, 0.717) is 149 Å². The molecule has 760 valence electrons. The minimum absolute atomic E-state index is 0.0279. The van der Waals surface area contributed by atoms with Gasteiger partial charge in [-0.05, 0) is 194 Å². The molecule has 1 saturated carbocycles. The number of benzene rings is 9. The minimum Gasteiger partial charge on any atom is -0.507 e. The van der Waals surface area contributed by atoms with Crippen molar-refractivity contribution in [3.05, 3.63) is 295 Å². The predicted molar refractivity (Wildman–Crippen MR) is 563 cm³/mol. The number of carboxylic acid groups (broad SMARTS) is 3. The van der Waals surface area contributed by atoms with Crippen LogP contribution in [0.3, 0.4) is 0 Å². The standard InChI is InChI=1S/C33H31Cl2N3O5.C29H32N2O5.C27H26N2O5.C27H28N2O5/c1-19-25(34)14-20(15-26(19)35)17-42-27-16-21(8-9-36-27)30(38-12-10-37(2)11-13-38)29-28-24(33(40)41-3)18-43-32(28)23-7-5-4-6-22(23)31(29)39;1-29(2,3)17-36-22-15-18(11-12-30-22)25(31-13-7-4-8-14-31)24-23-21(28(33)34)16-35-27(23)20-10-6-5-9-19(20)26(24)32;30-25-18-6-2-3-7-19(18)26-22(20(15-33-26)27(31)32)23(25)24(29-12-4-1-5-13-29)16-10-11-28-21(14-16)34-17-8-9-17;1-16(2)34-21-14-17(10-11-28-21)24(29-12-6-3-7-13-29)23-22-20(27(31)32)15-33-26(22)19-9-5-4-8-18(19)25(23)30/h4-9,14-16,18,30,39H,10-13,17H2,1-3H3;5-6,9-12,15-16,25,32H,4,7-8,13-14,17H2,1-3H3,(H,33,34);2-3,6-7,10-11,14-15,17,24,30H,1,4-5,8-9,12-13H2,(H,31,32);4-5,8-11,14-16,24,30H,3,6-7,12-13H2,1-2H3,(H,31,32). The summed E-state index contributed by atoms with van der Waals surface area (Å²) in [5.74, 6) is -1.52. The number of nitrogens with zero attached hydrogens (tertiary/aromatic N) is 9. The second-order valence-corrected chi connectivity index (χ2v) is 40.6. The molecular weight excluding hydrogens is 1910 g/mol. The van der Waals surface area contributed by atoms with E-state index in [4.69, 9.17) is 64.6 Å². The molecule has 9 aromatic carbocycles. The molecular formula is C116H117Cl2N9O20. The second kappa shape index (κ2) is 43.6. The lowest BCUT2D eigenvalue weighted by Crippen LogP contribution is -2.46. The third-order valence-corrected chi connectivity index (χ3v) is 29.0. The van der Waals surface area contributed by atoms with Crippen LogP contribution < -0.4 is 18.9 Å². The molecule has 0 amide bonds. The molecule has 147 heavy (non-hydrogen) atoms. The highest BCUT2D eigenvalue weighted by molar-refractivity contribution is 6.36. The van der Waals surface area contributed by atoms with E-state index < -0.39 is 36.0 Å². The molecule has 8 aromatic heterocycles. The number of likely N-dealkylation sites (N-methyl/N-ethyl adjacent to an activating group) is 1. The Morgan fingerprint density at radius 2 is 0.714 bits per heavy atom. The summed E-state index contributed by atoms with van der Waals surface area (Å²) in [4.78, 5) is 78.8. The van der Waals surface area contributed by atoms with Crippen molar-refractivity contribution in [1.82, 2.24) is 44.4 Å². The van der Waals surface area contributed by atoms with E-state index in [1.165, 1.54) is 32.2 Å². The van der Waals surface area contributed by atoms with Crippen molar-refractivity contribution in [2.24, 2.45) is 5.41 Å². The van der Waals surface area contributed by atoms with Gasteiger partial charge in [0.2, 0.25) is 23.5 Å². The average molecular weight is 2030 g/mol. The Balaban J connectivity index is 0.000000124. The summed E-state index contributed by atoms with van der Waals surface area (Å²) >= 11 is 12.7. The molecule has 0 radical (unpaired) electrons. The number of pyridine rings is 4. The molecule has 12 heterocycles. The number of aromatic carboxylic acids is 3. The van der Waals surface area contributed by atoms with Gasteiger partial charge >= 0.3 is 23.9 Å². The van der Waals surface area contributed by atoms with Gasteiger partial charge in [-0.3, -0.25) is 19.6 Å². The first kappa shape index (κ1) is 101. The number of phenolic OH excluding ortho intramolecular Hbond substituents is 4. The van der Waals surface area contributed by atoms with Crippen molar-refractivity contribution >= 4 is 134 Å². The van der Waals surface area contributed by atoms with E-state index in [0.717, 1.165) is 169 Å². The van der Waals surface area contributed by atoms with Gasteiger partial charge < -0.3 is 82.0 Å². The monoisotopic (exact) mass is 2030 g/mol. The van der Waals surface area contributed by atoms with Crippen molar-refractivity contribution in [3.8, 4) is 46.5 Å². The molecule has 4 atom stereocenters. The van der Waals surface area contributed by atoms with Gasteiger partial charge in [0, 0.05) is 172 Å². The van der Waals surface area contributed by atoms with Crippen LogP contribution in [0.4, 0.5) is 0 Å². The van der Waals surface area contributed by atoms with E-state index in [1.807, 2.05) is 178 Å². The zero-order valence-corrected chi connectivity index (χ0v) is 84.6. The predicted octanol–water partition coefficient (Wildman–Crippen LogP) is 24.6. The number of carbonyl (C=O) groups excluding carboxylic acids is 1. The van der Waals surface area contributed by atoms with Gasteiger partial charge in [-0.1, -0.05) is 160 Å². The topological polar surface area (TPSA) is 376 Å². The highest BCUT2D eigenvalue weighted by atomic mass is 35.5. The van der Waals surface area contributed by atoms with Crippen molar-refractivity contribution in [3.63, 3.8) is 0 Å². The summed E-state index contributed by atoms with van der Waals surface area (Å²) in [6.45, 7) is 21.0. The number of rotatable bonds is 25. The Morgan fingerprint density at radius 3 is 1.05 bits per heavy atom. The number of likely N-dealkylation sites (tertiary alicyclic amines) is 3. The number of piperazine rings is 1. The van der Waals surface area contributed by atoms with Crippen LogP contribution in [0.15, 0.2) is 225 Å². The van der Waals surface area contributed by atoms with Gasteiger partial charge in [0.05, 0.1) is 44.0 Å². The summed E-state index contributed by atoms with van der Waals surface area (Å²) < 4.78 is 52.6. The molecule has 4 saturated heterocycles. The van der Waals surface area contributed by atoms with Gasteiger partial charge in [-0.15, -0.1) is 0 Å². The summed E-state index contributed by atoms with van der Waals surface area (Å²) in [6, 6.07) is 47.0. The van der Waals surface area contributed by atoms with Crippen LogP contribution in [0.5, 0.6) is 46.5 Å². The number of aromatic hydroxyl groups is 4. The third-order valence-electron chi connectivity index (χ3n) is 28.2. The number of halogens is 2. The molecule has 0 spiro atoms. The van der Waals surface area contributed by atoms with Crippen LogP contribution >= 0.6 is 23.2 Å². The Hall–Kier alpha value is -14.6. The quantitative estimate of drug-likeness (QED) is 0.0261. The number of phenols is 4. The number of carboxylic acids is 3. The Labute approximate surface area is 858 Å². The molecule has 4 unspecified atom stereocenters. The number of hydrogen-bond donors (Lipinski definition) is 7. The number of piperidine rings is 3. The number of carbonyl (C=O) groups is 4. The van der Waals surface area contributed by atoms with Crippen LogP contribution in [0.1, 0.15) is 226 Å². The molecule has 29 nitrogen and oxygen atoms in total. The molecule has 31 heteroatoms. The number of esters is 1. The van der Waals surface area contributed by atoms with Crippen LogP contribution in [-0.2, 0) is 11.3 Å². The molecule has 7 N–H and O–H groups in total. The van der Waals surface area contributed by atoms with Crippen LogP contribution in [0.2, 0.25) is 10.0 Å². The molecule has 1 aliphatic carbocycles. The fraction of sp³-hybridized carbons (Fsp3) is 0.328. The van der Waals surface area contributed by atoms with Crippen LogP contribution in [0, 0.1) is 12.3 Å². The van der Waals surface area contributed by atoms with Crippen LogP contribution in [-0.4, -0.2) is 202 Å². The summed E-state index contributed by atoms with van der Waals surface area (Å²) in [7, 11) is 3.42. The smallest absolute Gasteiger partial charge is 0.341 e. The second-order valence-electron chi connectivity index (χ2n) is 39.8. The van der Waals surface area contributed by atoms with Gasteiger partial charge in [-0.2, -0.15) is 0 Å². The number of methoxy groups -OCH3 is 1. The van der Waals surface area contributed by atoms with Crippen LogP contribution in [0.25, 0.3) is 87.0 Å². The van der Waals surface area contributed by atoms with Crippen molar-refractivity contribution in [1.29, 1.82) is 0 Å². The molecule has 5 fully saturated rings. The first-order chi connectivity index (χ1) is 71.1. The number of aromatic nitrogens is 4. The number of furan rings is 4. The third kappa shape index (κ3) is 21.1.